The van der Waals surface area contributed by atoms with Gasteiger partial charge in [0.05, 0.1) is 6.54 Å². The number of aromatic nitrogens is 1. The van der Waals surface area contributed by atoms with Crippen LogP contribution in [0.5, 0.6) is 0 Å². The second-order valence-corrected chi connectivity index (χ2v) is 5.44. The molecule has 3 nitrogen and oxygen atoms in total. The molecule has 1 unspecified atom stereocenters. The zero-order chi connectivity index (χ0) is 11.4. The molecular weight excluding hydrogens is 254 g/mol. The molecule has 1 N–H and O–H groups in total. The van der Waals surface area contributed by atoms with Gasteiger partial charge in [-0.2, -0.15) is 0 Å². The molecule has 98 valence electrons. The van der Waals surface area contributed by atoms with Gasteiger partial charge < -0.3 is 5.32 Å². The van der Waals surface area contributed by atoms with Crippen LogP contribution in [0.4, 0.5) is 0 Å². The van der Waals surface area contributed by atoms with Crippen molar-refractivity contribution >= 4 is 23.7 Å². The van der Waals surface area contributed by atoms with Crippen molar-refractivity contribution < 1.29 is 0 Å². The Morgan fingerprint density at radius 3 is 3.06 bits per heavy atom. The molecular formula is C12H22ClN3S. The number of rotatable bonds is 4. The molecule has 0 radical (unpaired) electrons. The molecule has 1 aromatic heterocycles. The van der Waals surface area contributed by atoms with Crippen LogP contribution in [0.15, 0.2) is 5.38 Å². The topological polar surface area (TPSA) is 28.2 Å². The minimum atomic E-state index is 0. The molecule has 2 rings (SSSR count). The summed E-state index contributed by atoms with van der Waals surface area (Å²) in [5.41, 5.74) is 1.15. The first-order valence-corrected chi connectivity index (χ1v) is 7.03. The van der Waals surface area contributed by atoms with Gasteiger partial charge in [0.1, 0.15) is 5.01 Å². The normalized spacial score (nSPS) is 21.2. The molecule has 0 spiro atoms. The lowest BCUT2D eigenvalue weighted by Crippen LogP contribution is -2.50. The number of hydrogen-bond donors (Lipinski definition) is 1. The van der Waals surface area contributed by atoms with Gasteiger partial charge in [-0.05, 0) is 13.3 Å². The van der Waals surface area contributed by atoms with Gasteiger partial charge in [-0.3, -0.25) is 4.90 Å². The van der Waals surface area contributed by atoms with Crippen molar-refractivity contribution in [3.05, 3.63) is 16.1 Å². The monoisotopic (exact) mass is 275 g/mol. The van der Waals surface area contributed by atoms with Crippen LogP contribution < -0.4 is 5.32 Å². The predicted molar refractivity (Wildman–Crippen MR) is 76.1 cm³/mol. The van der Waals surface area contributed by atoms with Crippen LogP contribution in [0, 0.1) is 6.92 Å². The minimum absolute atomic E-state index is 0. The van der Waals surface area contributed by atoms with Gasteiger partial charge in [-0.25, -0.2) is 4.98 Å². The van der Waals surface area contributed by atoms with E-state index in [0.29, 0.717) is 6.04 Å². The molecule has 0 saturated carbocycles. The van der Waals surface area contributed by atoms with Gasteiger partial charge in [0.15, 0.2) is 0 Å². The van der Waals surface area contributed by atoms with Gasteiger partial charge in [-0.1, -0.05) is 13.3 Å². The summed E-state index contributed by atoms with van der Waals surface area (Å²) >= 11 is 1.79. The second kappa shape index (κ2) is 7.31. The fourth-order valence-corrected chi connectivity index (χ4v) is 3.07. The first kappa shape index (κ1) is 14.9. The molecule has 2 heterocycles. The highest BCUT2D eigenvalue weighted by molar-refractivity contribution is 7.09. The molecule has 1 aliphatic heterocycles. The fraction of sp³-hybridized carbons (Fsp3) is 0.750. The molecule has 0 amide bonds. The molecule has 17 heavy (non-hydrogen) atoms. The van der Waals surface area contributed by atoms with Crippen LogP contribution in [-0.2, 0) is 6.54 Å². The van der Waals surface area contributed by atoms with Crippen LogP contribution in [0.25, 0.3) is 0 Å². The Balaban J connectivity index is 0.00000144. The van der Waals surface area contributed by atoms with E-state index in [-0.39, 0.29) is 12.4 Å². The number of aryl methyl sites for hydroxylation is 1. The summed E-state index contributed by atoms with van der Waals surface area (Å²) in [5.74, 6) is 0. The third-order valence-corrected chi connectivity index (χ3v) is 4.05. The highest BCUT2D eigenvalue weighted by Crippen LogP contribution is 2.16. The van der Waals surface area contributed by atoms with E-state index in [9.17, 15) is 0 Å². The van der Waals surface area contributed by atoms with E-state index in [1.54, 1.807) is 11.3 Å². The second-order valence-electron chi connectivity index (χ2n) is 4.50. The lowest BCUT2D eigenvalue weighted by molar-refractivity contribution is 0.144. The number of nitrogens with zero attached hydrogens (tertiary/aromatic N) is 2. The predicted octanol–water partition coefficient (Wildman–Crippen LogP) is 2.45. The molecule has 0 aromatic carbocycles. The first-order chi connectivity index (χ1) is 7.79. The zero-order valence-electron chi connectivity index (χ0n) is 10.6. The van der Waals surface area contributed by atoms with Crippen LogP contribution in [0.3, 0.4) is 0 Å². The van der Waals surface area contributed by atoms with Crippen molar-refractivity contribution in [2.45, 2.75) is 39.3 Å². The van der Waals surface area contributed by atoms with Crippen LogP contribution in [-0.4, -0.2) is 35.6 Å². The lowest BCUT2D eigenvalue weighted by atomic mass is 10.1. The average molecular weight is 276 g/mol. The van der Waals surface area contributed by atoms with Crippen LogP contribution >= 0.6 is 23.7 Å². The molecule has 1 saturated heterocycles. The van der Waals surface area contributed by atoms with Gasteiger partial charge in [-0.15, -0.1) is 23.7 Å². The van der Waals surface area contributed by atoms with E-state index in [2.05, 4.69) is 34.4 Å². The van der Waals surface area contributed by atoms with Crippen molar-refractivity contribution in [2.24, 2.45) is 0 Å². The van der Waals surface area contributed by atoms with Crippen LogP contribution in [0.2, 0.25) is 0 Å². The SMILES string of the molecule is CCCC1CNCCN1Cc1nc(C)cs1.Cl. The van der Waals surface area contributed by atoms with E-state index < -0.39 is 0 Å². The van der Waals surface area contributed by atoms with Crippen LogP contribution in [0.1, 0.15) is 30.5 Å². The Bertz CT molecular complexity index is 327. The first-order valence-electron chi connectivity index (χ1n) is 6.15. The summed E-state index contributed by atoms with van der Waals surface area (Å²) in [7, 11) is 0. The Morgan fingerprint density at radius 1 is 1.59 bits per heavy atom. The van der Waals surface area contributed by atoms with Crippen molar-refractivity contribution in [3.8, 4) is 0 Å². The third-order valence-electron chi connectivity index (χ3n) is 3.10. The standard InChI is InChI=1S/C12H21N3S.ClH/c1-3-4-11-7-13-5-6-15(11)8-12-14-10(2)9-16-12;/h9,11,13H,3-8H2,1-2H3;1H. The molecule has 1 fully saturated rings. The van der Waals surface area contributed by atoms with Crippen molar-refractivity contribution in [1.29, 1.82) is 0 Å². The highest BCUT2D eigenvalue weighted by atomic mass is 35.5. The number of nitrogens with one attached hydrogen (secondary N) is 1. The fourth-order valence-electron chi connectivity index (χ4n) is 2.28. The highest BCUT2D eigenvalue weighted by Gasteiger charge is 2.21. The van der Waals surface area contributed by atoms with E-state index in [1.165, 1.54) is 17.8 Å². The summed E-state index contributed by atoms with van der Waals surface area (Å²) < 4.78 is 0. The van der Waals surface area contributed by atoms with Gasteiger partial charge in [0.2, 0.25) is 0 Å². The number of thiazole rings is 1. The smallest absolute Gasteiger partial charge is 0.107 e. The Labute approximate surface area is 114 Å². The van der Waals surface area contributed by atoms with Crippen molar-refractivity contribution in [2.75, 3.05) is 19.6 Å². The Morgan fingerprint density at radius 2 is 2.41 bits per heavy atom. The van der Waals surface area contributed by atoms with Gasteiger partial charge in [0, 0.05) is 36.8 Å². The largest absolute Gasteiger partial charge is 0.314 e. The summed E-state index contributed by atoms with van der Waals surface area (Å²) in [5, 5.41) is 6.89. The summed E-state index contributed by atoms with van der Waals surface area (Å²) in [6, 6.07) is 0.697. The van der Waals surface area contributed by atoms with E-state index in [4.69, 9.17) is 0 Å². The summed E-state index contributed by atoms with van der Waals surface area (Å²) in [6.45, 7) is 8.78. The Hall–Kier alpha value is -0.160. The third kappa shape index (κ3) is 4.21. The number of halogens is 1. The minimum Gasteiger partial charge on any atom is -0.314 e. The Kier molecular flexibility index (Phi) is 6.41. The molecule has 1 aromatic rings. The van der Waals surface area contributed by atoms with Gasteiger partial charge in [0.25, 0.3) is 0 Å². The maximum Gasteiger partial charge on any atom is 0.107 e. The van der Waals surface area contributed by atoms with Crippen molar-refractivity contribution in [1.82, 2.24) is 15.2 Å². The molecule has 0 bridgehead atoms. The quantitative estimate of drug-likeness (QED) is 0.915. The van der Waals surface area contributed by atoms with Crippen molar-refractivity contribution in [3.63, 3.8) is 0 Å². The maximum atomic E-state index is 4.56. The molecule has 0 aliphatic carbocycles. The van der Waals surface area contributed by atoms with E-state index >= 15 is 0 Å². The molecule has 1 aliphatic rings. The zero-order valence-corrected chi connectivity index (χ0v) is 12.2. The van der Waals surface area contributed by atoms with Gasteiger partial charge >= 0.3 is 0 Å². The molecule has 1 atom stereocenters. The summed E-state index contributed by atoms with van der Waals surface area (Å²) in [4.78, 5) is 7.14. The molecule has 5 heteroatoms. The summed E-state index contributed by atoms with van der Waals surface area (Å²) in [6.07, 6.45) is 2.55. The van der Waals surface area contributed by atoms with E-state index in [0.717, 1.165) is 31.9 Å². The number of hydrogen-bond acceptors (Lipinski definition) is 4. The maximum absolute atomic E-state index is 4.56. The van der Waals surface area contributed by atoms with E-state index in [1.807, 2.05) is 0 Å². The lowest BCUT2D eigenvalue weighted by Gasteiger charge is -2.35. The average Bonchev–Trinajstić information content (AvgIpc) is 2.67. The number of piperazine rings is 1.